The number of rotatable bonds is 5. The van der Waals surface area contributed by atoms with Gasteiger partial charge in [0.05, 0.1) is 12.5 Å². The van der Waals surface area contributed by atoms with Gasteiger partial charge in [0, 0.05) is 44.6 Å². The van der Waals surface area contributed by atoms with Gasteiger partial charge in [0.2, 0.25) is 11.8 Å². The maximum atomic E-state index is 15.2. The first-order valence-corrected chi connectivity index (χ1v) is 22.1. The van der Waals surface area contributed by atoms with Crippen molar-refractivity contribution in [1.82, 2.24) is 9.80 Å². The molecule has 57 heavy (non-hydrogen) atoms. The van der Waals surface area contributed by atoms with E-state index in [-0.39, 0.29) is 56.4 Å². The average molecular weight is 777 g/mol. The van der Waals surface area contributed by atoms with Crippen molar-refractivity contribution in [3.63, 3.8) is 0 Å². The lowest BCUT2D eigenvalue weighted by Crippen LogP contribution is -2.66. The predicted molar refractivity (Wildman–Crippen MR) is 227 cm³/mol. The highest BCUT2D eigenvalue weighted by Crippen LogP contribution is 2.76. The molecule has 6 aliphatic rings. The van der Waals surface area contributed by atoms with Crippen LogP contribution in [0.3, 0.4) is 0 Å². The summed E-state index contributed by atoms with van der Waals surface area (Å²) in [5, 5.41) is 2.21. The Morgan fingerprint density at radius 3 is 2.18 bits per heavy atom. The van der Waals surface area contributed by atoms with E-state index >= 15 is 4.79 Å². The minimum Gasteiger partial charge on any atom is -0.497 e. The predicted octanol–water partition coefficient (Wildman–Crippen LogP) is 10.3. The number of esters is 1. The molecule has 1 saturated heterocycles. The summed E-state index contributed by atoms with van der Waals surface area (Å²) in [4.78, 5) is 44.7. The van der Waals surface area contributed by atoms with E-state index in [0.29, 0.717) is 43.9 Å². The molecule has 2 aromatic rings. The van der Waals surface area contributed by atoms with E-state index in [1.807, 2.05) is 35.2 Å². The first-order chi connectivity index (χ1) is 26.9. The number of carbonyl (C=O) groups excluding carboxylic acids is 3. The number of allylic oxidation sites excluding steroid dienone is 2. The summed E-state index contributed by atoms with van der Waals surface area (Å²) < 4.78 is 11.3. The first kappa shape index (κ1) is 40.2. The maximum absolute atomic E-state index is 15.2. The van der Waals surface area contributed by atoms with Crippen molar-refractivity contribution in [2.24, 2.45) is 50.2 Å². The Kier molecular flexibility index (Phi) is 9.87. The van der Waals surface area contributed by atoms with E-state index in [1.165, 1.54) is 6.42 Å². The Labute approximate surface area is 342 Å². The number of carbonyl (C=O) groups is 3. The maximum Gasteiger partial charge on any atom is 0.302 e. The Bertz CT molecular complexity index is 2010. The quantitative estimate of drug-likeness (QED) is 0.172. The number of benzene rings is 2. The normalized spacial score (nSPS) is 37.0. The van der Waals surface area contributed by atoms with Crippen LogP contribution in [-0.4, -0.2) is 67.0 Å². The van der Waals surface area contributed by atoms with Crippen molar-refractivity contribution in [2.75, 3.05) is 33.3 Å². The van der Waals surface area contributed by atoms with Gasteiger partial charge in [0.25, 0.3) is 0 Å². The zero-order valence-electron chi connectivity index (χ0n) is 36.3. The van der Waals surface area contributed by atoms with Crippen LogP contribution in [-0.2, 0) is 19.1 Å². The zero-order chi connectivity index (χ0) is 40.8. The standard InChI is InChI=1S/C50H68N2O5/c1-33(53)57-42-19-20-47(6)40(46(42,4)5)18-21-49(8)41(47)16-15-38-39-32-45(2,3)22-24-50(39,25-23-48(38,49)7)44(55)52-28-26-51(27-29-52)43(54)17-11-34-10-12-36-31-37(56-9)14-13-35(36)30-34/h10-15,17,30-31,39-42H,16,18-29,32H2,1-9H3/b17-11+/t39-,40-,41+,42-,47-,48+,49+,50-/m0/s1. The van der Waals surface area contributed by atoms with Crippen molar-refractivity contribution in [3.05, 3.63) is 59.7 Å². The smallest absolute Gasteiger partial charge is 0.302 e. The van der Waals surface area contributed by atoms with Gasteiger partial charge >= 0.3 is 5.97 Å². The lowest BCUT2D eigenvalue weighted by Gasteiger charge is -2.71. The zero-order valence-corrected chi connectivity index (χ0v) is 36.3. The molecule has 0 aromatic heterocycles. The fraction of sp³-hybridized carbons (Fsp3) is 0.660. The molecular formula is C50H68N2O5. The van der Waals surface area contributed by atoms with Gasteiger partial charge in [-0.1, -0.05) is 78.3 Å². The summed E-state index contributed by atoms with van der Waals surface area (Å²) in [6, 6.07) is 12.2. The monoisotopic (exact) mass is 777 g/mol. The molecule has 0 spiro atoms. The van der Waals surface area contributed by atoms with Crippen molar-refractivity contribution < 1.29 is 23.9 Å². The Balaban J connectivity index is 0.997. The van der Waals surface area contributed by atoms with E-state index in [0.717, 1.165) is 79.9 Å². The molecule has 0 radical (unpaired) electrons. The second-order valence-electron chi connectivity index (χ2n) is 21.3. The highest BCUT2D eigenvalue weighted by Gasteiger charge is 2.69. The number of hydrogen-bond acceptors (Lipinski definition) is 5. The Morgan fingerprint density at radius 1 is 0.772 bits per heavy atom. The molecule has 308 valence electrons. The summed E-state index contributed by atoms with van der Waals surface area (Å²) in [6.07, 6.45) is 16.8. The van der Waals surface area contributed by atoms with Crippen LogP contribution in [0.4, 0.5) is 0 Å². The molecule has 2 amide bonds. The Morgan fingerprint density at radius 2 is 1.46 bits per heavy atom. The van der Waals surface area contributed by atoms with Crippen LogP contribution < -0.4 is 4.74 Å². The van der Waals surface area contributed by atoms with Crippen LogP contribution in [0.2, 0.25) is 0 Å². The number of methoxy groups -OCH3 is 1. The molecule has 4 saturated carbocycles. The van der Waals surface area contributed by atoms with Gasteiger partial charge < -0.3 is 19.3 Å². The highest BCUT2D eigenvalue weighted by molar-refractivity contribution is 5.93. The van der Waals surface area contributed by atoms with Gasteiger partial charge in [-0.05, 0) is 144 Å². The van der Waals surface area contributed by atoms with Crippen LogP contribution in [0.1, 0.15) is 125 Å². The molecule has 0 unspecified atom stereocenters. The molecular weight excluding hydrogens is 709 g/mol. The van der Waals surface area contributed by atoms with Gasteiger partial charge in [-0.25, -0.2) is 0 Å². The van der Waals surface area contributed by atoms with Crippen LogP contribution in [0.25, 0.3) is 16.8 Å². The van der Waals surface area contributed by atoms with E-state index in [2.05, 4.69) is 71.6 Å². The molecule has 5 aliphatic carbocycles. The number of fused-ring (bicyclic) bond motifs is 8. The van der Waals surface area contributed by atoms with Crippen LogP contribution in [0.15, 0.2) is 54.1 Å². The van der Waals surface area contributed by atoms with Crippen molar-refractivity contribution in [2.45, 2.75) is 126 Å². The largest absolute Gasteiger partial charge is 0.497 e. The molecule has 1 aliphatic heterocycles. The fourth-order valence-corrected chi connectivity index (χ4v) is 14.2. The van der Waals surface area contributed by atoms with Gasteiger partial charge in [-0.3, -0.25) is 14.4 Å². The van der Waals surface area contributed by atoms with Crippen LogP contribution >= 0.6 is 0 Å². The summed E-state index contributed by atoms with van der Waals surface area (Å²) in [5.41, 5.74) is 2.68. The topological polar surface area (TPSA) is 76.2 Å². The third-order valence-corrected chi connectivity index (χ3v) is 17.7. The number of amides is 2. The van der Waals surface area contributed by atoms with E-state index < -0.39 is 0 Å². The van der Waals surface area contributed by atoms with E-state index in [1.54, 1.807) is 25.7 Å². The van der Waals surface area contributed by atoms with Crippen molar-refractivity contribution >= 4 is 34.6 Å². The molecule has 5 fully saturated rings. The van der Waals surface area contributed by atoms with Gasteiger partial charge in [-0.15, -0.1) is 0 Å². The number of hydrogen-bond donors (Lipinski definition) is 0. The molecule has 8 rings (SSSR count). The molecule has 1 heterocycles. The average Bonchev–Trinajstić information content (AvgIpc) is 3.17. The minimum atomic E-state index is -0.374. The first-order valence-electron chi connectivity index (χ1n) is 22.1. The third kappa shape index (κ3) is 6.38. The van der Waals surface area contributed by atoms with Crippen molar-refractivity contribution in [1.29, 1.82) is 0 Å². The fourth-order valence-electron chi connectivity index (χ4n) is 14.2. The second kappa shape index (κ2) is 14.0. The van der Waals surface area contributed by atoms with Gasteiger partial charge in [0.15, 0.2) is 0 Å². The summed E-state index contributed by atoms with van der Waals surface area (Å²) in [6.45, 7) is 21.2. The molecule has 0 bridgehead atoms. The van der Waals surface area contributed by atoms with Gasteiger partial charge in [-0.2, -0.15) is 0 Å². The van der Waals surface area contributed by atoms with Crippen molar-refractivity contribution in [3.8, 4) is 5.75 Å². The molecule has 7 heteroatoms. The summed E-state index contributed by atoms with van der Waals surface area (Å²) in [7, 11) is 1.67. The molecule has 8 atom stereocenters. The number of piperazine rings is 1. The minimum absolute atomic E-state index is 0.00245. The molecule has 0 N–H and O–H groups in total. The lowest BCUT2D eigenvalue weighted by atomic mass is 9.33. The highest BCUT2D eigenvalue weighted by atomic mass is 16.5. The number of ether oxygens (including phenoxy) is 2. The third-order valence-electron chi connectivity index (χ3n) is 17.7. The number of nitrogens with zero attached hydrogens (tertiary/aromatic N) is 2. The Hall–Kier alpha value is -3.61. The van der Waals surface area contributed by atoms with E-state index in [4.69, 9.17) is 9.47 Å². The van der Waals surface area contributed by atoms with Crippen LogP contribution in [0, 0.1) is 50.2 Å². The molecule has 7 nitrogen and oxygen atoms in total. The van der Waals surface area contributed by atoms with E-state index in [9.17, 15) is 9.59 Å². The lowest BCUT2D eigenvalue weighted by molar-refractivity contribution is -0.212. The molecule has 2 aromatic carbocycles. The second-order valence-corrected chi connectivity index (χ2v) is 21.3. The summed E-state index contributed by atoms with van der Waals surface area (Å²) >= 11 is 0. The summed E-state index contributed by atoms with van der Waals surface area (Å²) in [5.74, 6) is 2.32. The van der Waals surface area contributed by atoms with Gasteiger partial charge in [0.1, 0.15) is 11.9 Å². The van der Waals surface area contributed by atoms with Crippen LogP contribution in [0.5, 0.6) is 5.75 Å². The SMILES string of the molecule is COc1ccc2cc(/C=C/C(=O)N3CCN(C(=O)[C@]45CCC(C)(C)C[C@H]4C4=CC[C@@H]6[C@@]7(C)CC[C@H](OC(C)=O)C(C)(C)[C@@H]7CC[C@@]6(C)[C@]4(C)CC5)CC3)ccc2c1.